The second-order valence-electron chi connectivity index (χ2n) is 6.65. The van der Waals surface area contributed by atoms with Crippen molar-refractivity contribution in [3.05, 3.63) is 47.4 Å². The van der Waals surface area contributed by atoms with Gasteiger partial charge >= 0.3 is 0 Å². The van der Waals surface area contributed by atoms with Crippen molar-refractivity contribution in [1.29, 1.82) is 0 Å². The lowest BCUT2D eigenvalue weighted by molar-refractivity contribution is 0.0746. The van der Waals surface area contributed by atoms with E-state index in [1.54, 1.807) is 0 Å². The van der Waals surface area contributed by atoms with Crippen molar-refractivity contribution < 1.29 is 4.79 Å². The van der Waals surface area contributed by atoms with Crippen LogP contribution in [0.1, 0.15) is 21.9 Å². The number of hydrogen-bond acceptors (Lipinski definition) is 5. The van der Waals surface area contributed by atoms with Gasteiger partial charge in [-0.15, -0.1) is 0 Å². The highest BCUT2D eigenvalue weighted by molar-refractivity contribution is 5.94. The van der Waals surface area contributed by atoms with E-state index in [9.17, 15) is 4.79 Å². The van der Waals surface area contributed by atoms with E-state index in [4.69, 9.17) is 0 Å². The summed E-state index contributed by atoms with van der Waals surface area (Å²) in [6, 6.07) is 9.45. The molecule has 1 saturated heterocycles. The van der Waals surface area contributed by atoms with Crippen molar-refractivity contribution in [2.45, 2.75) is 13.8 Å². The van der Waals surface area contributed by atoms with Gasteiger partial charge in [0.15, 0.2) is 5.82 Å². The molecule has 134 valence electrons. The SMILES string of the molecule is Cc1nc(N2CCN(C(=O)c3ccccc3)CC2)c2c(n1)c(C)nn2C. The fourth-order valence-electron chi connectivity index (χ4n) is 3.53. The number of fused-ring (bicyclic) bond motifs is 1. The molecule has 0 spiro atoms. The van der Waals surface area contributed by atoms with Gasteiger partial charge < -0.3 is 9.80 Å². The van der Waals surface area contributed by atoms with Gasteiger partial charge in [0.2, 0.25) is 0 Å². The molecule has 1 aliphatic heterocycles. The predicted molar refractivity (Wildman–Crippen MR) is 100 cm³/mol. The molecular weight excluding hydrogens is 328 g/mol. The summed E-state index contributed by atoms with van der Waals surface area (Å²) in [6.45, 7) is 6.71. The fraction of sp³-hybridized carbons (Fsp3) is 0.368. The molecule has 4 rings (SSSR count). The Labute approximate surface area is 152 Å². The molecule has 1 aromatic carbocycles. The number of benzene rings is 1. The maximum absolute atomic E-state index is 12.6. The zero-order chi connectivity index (χ0) is 18.3. The molecule has 0 unspecified atom stereocenters. The topological polar surface area (TPSA) is 67.2 Å². The number of rotatable bonds is 2. The second kappa shape index (κ2) is 6.40. The summed E-state index contributed by atoms with van der Waals surface area (Å²) in [5, 5.41) is 4.49. The monoisotopic (exact) mass is 350 g/mol. The van der Waals surface area contributed by atoms with Gasteiger partial charge in [0.25, 0.3) is 5.91 Å². The maximum Gasteiger partial charge on any atom is 0.253 e. The van der Waals surface area contributed by atoms with Crippen molar-refractivity contribution in [3.63, 3.8) is 0 Å². The number of aromatic nitrogens is 4. The molecule has 7 nitrogen and oxygen atoms in total. The van der Waals surface area contributed by atoms with E-state index >= 15 is 0 Å². The van der Waals surface area contributed by atoms with Crippen molar-refractivity contribution in [1.82, 2.24) is 24.6 Å². The van der Waals surface area contributed by atoms with E-state index < -0.39 is 0 Å². The van der Waals surface area contributed by atoms with Crippen LogP contribution in [0.2, 0.25) is 0 Å². The molecule has 0 aliphatic carbocycles. The Kier molecular flexibility index (Phi) is 4.06. The third-order valence-corrected chi connectivity index (χ3v) is 4.83. The number of nitrogens with zero attached hydrogens (tertiary/aromatic N) is 6. The van der Waals surface area contributed by atoms with E-state index in [0.29, 0.717) is 13.1 Å². The summed E-state index contributed by atoms with van der Waals surface area (Å²) in [4.78, 5) is 26.0. The lowest BCUT2D eigenvalue weighted by Gasteiger charge is -2.35. The minimum atomic E-state index is 0.0886. The van der Waals surface area contributed by atoms with Crippen LogP contribution in [0.25, 0.3) is 11.0 Å². The van der Waals surface area contributed by atoms with Crippen LogP contribution in [0, 0.1) is 13.8 Å². The van der Waals surface area contributed by atoms with Crippen molar-refractivity contribution >= 4 is 22.8 Å². The average molecular weight is 350 g/mol. The molecule has 0 saturated carbocycles. The molecule has 0 radical (unpaired) electrons. The summed E-state index contributed by atoms with van der Waals surface area (Å²) in [6.07, 6.45) is 0. The van der Waals surface area contributed by atoms with Gasteiger partial charge in [-0.3, -0.25) is 9.48 Å². The number of carbonyl (C=O) groups excluding carboxylic acids is 1. The first-order valence-electron chi connectivity index (χ1n) is 8.82. The van der Waals surface area contributed by atoms with Crippen LogP contribution in [0.15, 0.2) is 30.3 Å². The van der Waals surface area contributed by atoms with Crippen LogP contribution in [-0.2, 0) is 7.05 Å². The number of carbonyl (C=O) groups is 1. The first kappa shape index (κ1) is 16.5. The molecule has 0 bridgehead atoms. The third-order valence-electron chi connectivity index (χ3n) is 4.83. The van der Waals surface area contributed by atoms with Gasteiger partial charge in [0, 0.05) is 38.8 Å². The predicted octanol–water partition coefficient (Wildman–Crippen LogP) is 1.94. The quantitative estimate of drug-likeness (QED) is 0.707. The molecule has 26 heavy (non-hydrogen) atoms. The number of piperazine rings is 1. The smallest absolute Gasteiger partial charge is 0.253 e. The highest BCUT2D eigenvalue weighted by atomic mass is 16.2. The van der Waals surface area contributed by atoms with Gasteiger partial charge in [0.1, 0.15) is 16.9 Å². The fourth-order valence-corrected chi connectivity index (χ4v) is 3.53. The maximum atomic E-state index is 12.6. The summed E-state index contributed by atoms with van der Waals surface area (Å²) >= 11 is 0. The second-order valence-corrected chi connectivity index (χ2v) is 6.65. The van der Waals surface area contributed by atoms with E-state index in [-0.39, 0.29) is 5.91 Å². The summed E-state index contributed by atoms with van der Waals surface area (Å²) in [5.41, 5.74) is 3.50. The molecular formula is C19H22N6O. The molecule has 3 aromatic rings. The first-order chi connectivity index (χ1) is 12.5. The van der Waals surface area contributed by atoms with Crippen LogP contribution < -0.4 is 4.90 Å². The largest absolute Gasteiger partial charge is 0.351 e. The van der Waals surface area contributed by atoms with Gasteiger partial charge in [-0.25, -0.2) is 9.97 Å². The van der Waals surface area contributed by atoms with Crippen LogP contribution in [0.4, 0.5) is 5.82 Å². The number of anilines is 1. The normalized spacial score (nSPS) is 14.9. The van der Waals surface area contributed by atoms with E-state index in [1.165, 1.54) is 0 Å². The van der Waals surface area contributed by atoms with Gasteiger partial charge in [-0.2, -0.15) is 5.10 Å². The first-order valence-corrected chi connectivity index (χ1v) is 8.82. The van der Waals surface area contributed by atoms with Crippen molar-refractivity contribution in [2.24, 2.45) is 7.05 Å². The standard InChI is InChI=1S/C19H22N6O/c1-13-16-17(23(3)22-13)18(21-14(2)20-16)24-9-11-25(12-10-24)19(26)15-7-5-4-6-8-15/h4-8H,9-12H2,1-3H3. The summed E-state index contributed by atoms with van der Waals surface area (Å²) < 4.78 is 1.85. The Morgan fingerprint density at radius 3 is 2.38 bits per heavy atom. The van der Waals surface area contributed by atoms with E-state index in [2.05, 4.69) is 20.0 Å². The summed E-state index contributed by atoms with van der Waals surface area (Å²) in [7, 11) is 1.92. The van der Waals surface area contributed by atoms with Crippen LogP contribution in [0.3, 0.4) is 0 Å². The number of hydrogen-bond donors (Lipinski definition) is 0. The molecule has 1 amide bonds. The average Bonchev–Trinajstić information content (AvgIpc) is 2.95. The lowest BCUT2D eigenvalue weighted by atomic mass is 10.2. The van der Waals surface area contributed by atoms with E-state index in [0.717, 1.165) is 47.0 Å². The Morgan fingerprint density at radius 2 is 1.69 bits per heavy atom. The minimum absolute atomic E-state index is 0.0886. The Balaban J connectivity index is 1.57. The summed E-state index contributed by atoms with van der Waals surface area (Å²) in [5.74, 6) is 1.74. The molecule has 1 fully saturated rings. The highest BCUT2D eigenvalue weighted by Gasteiger charge is 2.25. The van der Waals surface area contributed by atoms with Gasteiger partial charge in [-0.1, -0.05) is 18.2 Å². The third kappa shape index (κ3) is 2.79. The molecule has 0 N–H and O–H groups in total. The molecule has 3 heterocycles. The Morgan fingerprint density at radius 1 is 1.00 bits per heavy atom. The molecule has 7 heteroatoms. The Hall–Kier alpha value is -2.96. The zero-order valence-electron chi connectivity index (χ0n) is 15.3. The van der Waals surface area contributed by atoms with Crippen LogP contribution >= 0.6 is 0 Å². The van der Waals surface area contributed by atoms with E-state index in [1.807, 2.05) is 60.8 Å². The number of aryl methyl sites for hydroxylation is 3. The Bertz CT molecular complexity index is 957. The van der Waals surface area contributed by atoms with Crippen molar-refractivity contribution in [3.8, 4) is 0 Å². The van der Waals surface area contributed by atoms with Crippen molar-refractivity contribution in [2.75, 3.05) is 31.1 Å². The molecule has 0 atom stereocenters. The van der Waals surface area contributed by atoms with Gasteiger partial charge in [0.05, 0.1) is 5.69 Å². The van der Waals surface area contributed by atoms with Crippen LogP contribution in [0.5, 0.6) is 0 Å². The van der Waals surface area contributed by atoms with Crippen LogP contribution in [-0.4, -0.2) is 56.7 Å². The van der Waals surface area contributed by atoms with Gasteiger partial charge in [-0.05, 0) is 26.0 Å². The number of amides is 1. The zero-order valence-corrected chi connectivity index (χ0v) is 15.3. The lowest BCUT2D eigenvalue weighted by Crippen LogP contribution is -2.49. The molecule has 1 aliphatic rings. The molecule has 2 aromatic heterocycles. The highest BCUT2D eigenvalue weighted by Crippen LogP contribution is 2.26. The minimum Gasteiger partial charge on any atom is -0.351 e.